The van der Waals surface area contributed by atoms with Crippen molar-refractivity contribution >= 4 is 17.6 Å². The lowest BCUT2D eigenvalue weighted by Crippen LogP contribution is -2.25. The molecule has 1 aromatic rings. The molecule has 1 atom stereocenters. The molecule has 1 aromatic carbocycles. The van der Waals surface area contributed by atoms with Crippen LogP contribution in [0.2, 0.25) is 5.02 Å². The Morgan fingerprint density at radius 1 is 1.44 bits per heavy atom. The van der Waals surface area contributed by atoms with Gasteiger partial charge in [0.25, 0.3) is 0 Å². The highest BCUT2D eigenvalue weighted by Gasteiger charge is 2.17. The summed E-state index contributed by atoms with van der Waals surface area (Å²) in [6, 6.07) is 3.50. The first-order chi connectivity index (χ1) is 7.45. The summed E-state index contributed by atoms with van der Waals surface area (Å²) in [6.07, 6.45) is -0.379. The third-order valence-electron chi connectivity index (χ3n) is 2.33. The van der Waals surface area contributed by atoms with Crippen molar-refractivity contribution in [1.82, 2.24) is 0 Å². The quantitative estimate of drug-likeness (QED) is 0.882. The van der Waals surface area contributed by atoms with Gasteiger partial charge in [-0.25, -0.2) is 4.79 Å². The number of hydrogen-bond acceptors (Lipinski definition) is 2. The average molecular weight is 243 g/mol. The molecule has 0 saturated carbocycles. The van der Waals surface area contributed by atoms with Gasteiger partial charge < -0.3 is 9.84 Å². The first kappa shape index (κ1) is 12.8. The second-order valence-electron chi connectivity index (χ2n) is 3.72. The Labute approximate surface area is 100.0 Å². The maximum Gasteiger partial charge on any atom is 0.344 e. The van der Waals surface area contributed by atoms with E-state index in [1.165, 1.54) is 0 Å². The van der Waals surface area contributed by atoms with E-state index in [0.717, 1.165) is 11.1 Å². The van der Waals surface area contributed by atoms with E-state index in [1.54, 1.807) is 19.1 Å². The lowest BCUT2D eigenvalue weighted by atomic mass is 10.1. The zero-order chi connectivity index (χ0) is 12.3. The number of benzene rings is 1. The van der Waals surface area contributed by atoms with Crippen molar-refractivity contribution in [3.63, 3.8) is 0 Å². The van der Waals surface area contributed by atoms with E-state index in [-0.39, 0.29) is 0 Å². The Balaban J connectivity index is 2.93. The van der Waals surface area contributed by atoms with Crippen molar-refractivity contribution in [3.8, 4) is 5.75 Å². The topological polar surface area (TPSA) is 46.5 Å². The number of carboxylic acid groups (broad SMARTS) is 1. The summed E-state index contributed by atoms with van der Waals surface area (Å²) < 4.78 is 5.38. The van der Waals surface area contributed by atoms with Crippen LogP contribution in [0.3, 0.4) is 0 Å². The molecule has 0 aliphatic rings. The molecule has 0 amide bonds. The molecule has 0 saturated heterocycles. The maximum atomic E-state index is 10.8. The fourth-order valence-corrected chi connectivity index (χ4v) is 1.56. The van der Waals surface area contributed by atoms with Crippen LogP contribution in [0.4, 0.5) is 0 Å². The average Bonchev–Trinajstić information content (AvgIpc) is 2.21. The van der Waals surface area contributed by atoms with E-state index in [4.69, 9.17) is 21.4 Å². The van der Waals surface area contributed by atoms with Gasteiger partial charge in [0, 0.05) is 5.02 Å². The molecule has 0 spiro atoms. The highest BCUT2D eigenvalue weighted by atomic mass is 35.5. The molecule has 0 aromatic heterocycles. The number of aliphatic carboxylic acids is 1. The predicted octanol–water partition coefficient (Wildman–Crippen LogP) is 3.20. The lowest BCUT2D eigenvalue weighted by molar-refractivity contribution is -0.145. The number of ether oxygens (including phenoxy) is 1. The Bertz CT molecular complexity index is 378. The molecule has 1 rings (SSSR count). The number of carboxylic acids is 1. The van der Waals surface area contributed by atoms with Gasteiger partial charge in [0.1, 0.15) is 5.75 Å². The highest BCUT2D eigenvalue weighted by Crippen LogP contribution is 2.26. The summed E-state index contributed by atoms with van der Waals surface area (Å²) in [5, 5.41) is 9.57. The minimum atomic E-state index is -0.951. The molecule has 0 heterocycles. The van der Waals surface area contributed by atoms with Gasteiger partial charge in [-0.15, -0.1) is 0 Å². The van der Waals surface area contributed by atoms with Crippen LogP contribution in [0.5, 0.6) is 5.75 Å². The molecule has 3 nitrogen and oxygen atoms in total. The van der Waals surface area contributed by atoms with Crippen molar-refractivity contribution in [2.24, 2.45) is 0 Å². The van der Waals surface area contributed by atoms with Crippen molar-refractivity contribution < 1.29 is 14.6 Å². The Morgan fingerprint density at radius 3 is 2.31 bits per heavy atom. The van der Waals surface area contributed by atoms with Crippen LogP contribution in [-0.2, 0) is 4.79 Å². The Hall–Kier alpha value is -1.22. The first-order valence-corrected chi connectivity index (χ1v) is 5.49. The van der Waals surface area contributed by atoms with Crippen LogP contribution < -0.4 is 4.74 Å². The molecule has 0 aliphatic heterocycles. The molecule has 88 valence electrons. The third-order valence-corrected chi connectivity index (χ3v) is 2.93. The summed E-state index contributed by atoms with van der Waals surface area (Å²) in [5.41, 5.74) is 1.77. The number of carbonyl (C=O) groups is 1. The second-order valence-corrected chi connectivity index (χ2v) is 4.10. The van der Waals surface area contributed by atoms with E-state index in [1.807, 2.05) is 13.8 Å². The van der Waals surface area contributed by atoms with Gasteiger partial charge in [0.15, 0.2) is 6.10 Å². The minimum Gasteiger partial charge on any atom is -0.479 e. The monoisotopic (exact) mass is 242 g/mol. The summed E-state index contributed by atoms with van der Waals surface area (Å²) in [5.74, 6) is -0.401. The predicted molar refractivity (Wildman–Crippen MR) is 63.3 cm³/mol. The zero-order valence-corrected chi connectivity index (χ0v) is 10.3. The molecule has 0 unspecified atom stereocenters. The number of rotatable bonds is 4. The summed E-state index contributed by atoms with van der Waals surface area (Å²) in [4.78, 5) is 10.8. The molecule has 16 heavy (non-hydrogen) atoms. The molecule has 0 bridgehead atoms. The zero-order valence-electron chi connectivity index (χ0n) is 9.58. The van der Waals surface area contributed by atoms with Crippen LogP contribution >= 0.6 is 11.6 Å². The normalized spacial score (nSPS) is 12.2. The fourth-order valence-electron chi connectivity index (χ4n) is 1.45. The molecular weight excluding hydrogens is 228 g/mol. The van der Waals surface area contributed by atoms with Crippen LogP contribution in [0, 0.1) is 13.8 Å². The number of aryl methyl sites for hydroxylation is 2. The summed E-state index contributed by atoms with van der Waals surface area (Å²) in [7, 11) is 0. The van der Waals surface area contributed by atoms with Crippen molar-refractivity contribution in [2.45, 2.75) is 33.3 Å². The van der Waals surface area contributed by atoms with Crippen LogP contribution in [0.15, 0.2) is 12.1 Å². The fraction of sp³-hybridized carbons (Fsp3) is 0.417. The van der Waals surface area contributed by atoms with Gasteiger partial charge in [0.05, 0.1) is 0 Å². The maximum absolute atomic E-state index is 10.8. The third kappa shape index (κ3) is 2.89. The first-order valence-electron chi connectivity index (χ1n) is 5.12. The van der Waals surface area contributed by atoms with Crippen molar-refractivity contribution in [3.05, 3.63) is 28.3 Å². The van der Waals surface area contributed by atoms with E-state index >= 15 is 0 Å². The van der Waals surface area contributed by atoms with Crippen LogP contribution in [0.25, 0.3) is 0 Å². The van der Waals surface area contributed by atoms with E-state index in [9.17, 15) is 4.79 Å². The molecule has 1 N–H and O–H groups in total. The van der Waals surface area contributed by atoms with Crippen molar-refractivity contribution in [1.29, 1.82) is 0 Å². The minimum absolute atomic E-state index is 0.427. The van der Waals surface area contributed by atoms with E-state index in [2.05, 4.69) is 0 Å². The van der Waals surface area contributed by atoms with E-state index < -0.39 is 12.1 Å². The standard InChI is InChI=1S/C12H15ClO3/c1-4-10(12(14)15)16-9-5-7(2)11(13)8(3)6-9/h5-6,10H,4H2,1-3H3,(H,14,15)/t10-/m1/s1. The molecule has 4 heteroatoms. The van der Waals surface area contributed by atoms with Gasteiger partial charge in [-0.05, 0) is 43.5 Å². The summed E-state index contributed by atoms with van der Waals surface area (Å²) >= 11 is 6.01. The molecule has 0 aliphatic carbocycles. The van der Waals surface area contributed by atoms with Crippen LogP contribution in [-0.4, -0.2) is 17.2 Å². The highest BCUT2D eigenvalue weighted by molar-refractivity contribution is 6.32. The van der Waals surface area contributed by atoms with Gasteiger partial charge in [-0.2, -0.15) is 0 Å². The SMILES string of the molecule is CC[C@@H](Oc1cc(C)c(Cl)c(C)c1)C(=O)O. The van der Waals surface area contributed by atoms with Crippen LogP contribution in [0.1, 0.15) is 24.5 Å². The van der Waals surface area contributed by atoms with Gasteiger partial charge in [-0.3, -0.25) is 0 Å². The van der Waals surface area contributed by atoms with Gasteiger partial charge in [-0.1, -0.05) is 18.5 Å². The Morgan fingerprint density at radius 2 is 1.94 bits per heavy atom. The lowest BCUT2D eigenvalue weighted by Gasteiger charge is -2.15. The number of halogens is 1. The second kappa shape index (κ2) is 5.21. The van der Waals surface area contributed by atoms with Gasteiger partial charge in [0.2, 0.25) is 0 Å². The molecule has 0 radical (unpaired) electrons. The largest absolute Gasteiger partial charge is 0.479 e. The smallest absolute Gasteiger partial charge is 0.344 e. The Kier molecular flexibility index (Phi) is 4.19. The molecular formula is C12H15ClO3. The summed E-state index contributed by atoms with van der Waals surface area (Å²) in [6.45, 7) is 5.50. The van der Waals surface area contributed by atoms with Gasteiger partial charge >= 0.3 is 5.97 Å². The van der Waals surface area contributed by atoms with E-state index in [0.29, 0.717) is 17.2 Å². The number of hydrogen-bond donors (Lipinski definition) is 1. The van der Waals surface area contributed by atoms with Crippen molar-refractivity contribution in [2.75, 3.05) is 0 Å². The molecule has 0 fully saturated rings.